The van der Waals surface area contributed by atoms with Gasteiger partial charge in [-0.1, -0.05) is 17.9 Å². The van der Waals surface area contributed by atoms with Gasteiger partial charge >= 0.3 is 0 Å². The summed E-state index contributed by atoms with van der Waals surface area (Å²) in [4.78, 5) is 12.2. The van der Waals surface area contributed by atoms with Gasteiger partial charge in [0.15, 0.2) is 0 Å². The molecule has 2 aromatic rings. The maximum atomic E-state index is 12.2. The van der Waals surface area contributed by atoms with Crippen molar-refractivity contribution in [3.63, 3.8) is 0 Å². The van der Waals surface area contributed by atoms with Crippen molar-refractivity contribution >= 4 is 5.91 Å². The average Bonchev–Trinajstić information content (AvgIpc) is 3.00. The van der Waals surface area contributed by atoms with Gasteiger partial charge in [-0.05, 0) is 30.7 Å². The molecule has 1 amide bonds. The minimum absolute atomic E-state index is 0.0386. The smallest absolute Gasteiger partial charge is 0.251 e. The van der Waals surface area contributed by atoms with Crippen LogP contribution in [0.15, 0.2) is 41.2 Å². The molecule has 0 saturated heterocycles. The van der Waals surface area contributed by atoms with Gasteiger partial charge in [-0.3, -0.25) is 4.79 Å². The Bertz CT molecular complexity index is 663. The zero-order chi connectivity index (χ0) is 15.1. The highest BCUT2D eigenvalue weighted by Gasteiger charge is 2.10. The van der Waals surface area contributed by atoms with E-state index >= 15 is 0 Å². The van der Waals surface area contributed by atoms with Crippen molar-refractivity contribution in [1.82, 2.24) is 5.32 Å². The summed E-state index contributed by atoms with van der Waals surface area (Å²) in [5, 5.41) is 11.6. The summed E-state index contributed by atoms with van der Waals surface area (Å²) < 4.78 is 4.96. The van der Waals surface area contributed by atoms with Crippen molar-refractivity contribution in [2.24, 2.45) is 0 Å². The normalized spacial score (nSPS) is 9.81. The van der Waals surface area contributed by atoms with Crippen LogP contribution in [0.2, 0.25) is 0 Å². The fraction of sp³-hybridized carbons (Fsp3) is 0.235. The van der Waals surface area contributed by atoms with E-state index in [1.54, 1.807) is 18.6 Å². The van der Waals surface area contributed by atoms with Crippen LogP contribution in [0.5, 0.6) is 0 Å². The van der Waals surface area contributed by atoms with E-state index in [0.29, 0.717) is 18.5 Å². The number of aliphatic hydroxyl groups excluding tert-OH is 1. The molecule has 108 valence electrons. The molecule has 0 saturated carbocycles. The van der Waals surface area contributed by atoms with Gasteiger partial charge in [0, 0.05) is 29.7 Å². The molecule has 0 radical (unpaired) electrons. The van der Waals surface area contributed by atoms with Crippen molar-refractivity contribution in [3.8, 4) is 11.8 Å². The van der Waals surface area contributed by atoms with Gasteiger partial charge in [-0.25, -0.2) is 0 Å². The van der Waals surface area contributed by atoms with E-state index in [4.69, 9.17) is 9.52 Å². The predicted molar refractivity (Wildman–Crippen MR) is 79.6 cm³/mol. The quantitative estimate of drug-likeness (QED) is 0.846. The molecule has 4 nitrogen and oxygen atoms in total. The number of hydrogen-bond acceptors (Lipinski definition) is 3. The molecule has 1 heterocycles. The SMILES string of the molecule is Cc1c(C#CCCO)cccc1C(=O)NCc1ccoc1. The Kier molecular flexibility index (Phi) is 5.19. The van der Waals surface area contributed by atoms with E-state index in [0.717, 1.165) is 16.7 Å². The monoisotopic (exact) mass is 283 g/mol. The van der Waals surface area contributed by atoms with Crippen molar-refractivity contribution < 1.29 is 14.3 Å². The number of carbonyl (C=O) groups excluding carboxylic acids is 1. The lowest BCUT2D eigenvalue weighted by Gasteiger charge is -2.08. The molecule has 0 aliphatic heterocycles. The Morgan fingerprint density at radius 3 is 2.95 bits per heavy atom. The molecule has 2 N–H and O–H groups in total. The van der Waals surface area contributed by atoms with Crippen LogP contribution < -0.4 is 5.32 Å². The standard InChI is InChI=1S/C17H17NO3/c1-13-15(5-2-3-9-19)6-4-7-16(13)17(20)18-11-14-8-10-21-12-14/h4,6-8,10,12,19H,3,9,11H2,1H3,(H,18,20). The van der Waals surface area contributed by atoms with Gasteiger partial charge in [0.25, 0.3) is 5.91 Å². The molecular weight excluding hydrogens is 266 g/mol. The van der Waals surface area contributed by atoms with Crippen LogP contribution in [0.3, 0.4) is 0 Å². The highest BCUT2D eigenvalue weighted by atomic mass is 16.3. The van der Waals surface area contributed by atoms with Crippen LogP contribution in [-0.2, 0) is 6.54 Å². The number of benzene rings is 1. The lowest BCUT2D eigenvalue weighted by molar-refractivity contribution is 0.0950. The molecule has 21 heavy (non-hydrogen) atoms. The second-order valence-electron chi connectivity index (χ2n) is 4.57. The van der Waals surface area contributed by atoms with Gasteiger partial charge in [0.2, 0.25) is 0 Å². The molecule has 4 heteroatoms. The molecule has 2 rings (SSSR count). The Hall–Kier alpha value is -2.51. The first kappa shape index (κ1) is 14.9. The predicted octanol–water partition coefficient (Wildman–Crippen LogP) is 2.25. The molecule has 0 spiro atoms. The van der Waals surface area contributed by atoms with Gasteiger partial charge in [-0.15, -0.1) is 0 Å². The summed E-state index contributed by atoms with van der Waals surface area (Å²) in [5.41, 5.74) is 3.17. The van der Waals surface area contributed by atoms with Crippen LogP contribution in [0.4, 0.5) is 0 Å². The summed E-state index contributed by atoms with van der Waals surface area (Å²) in [7, 11) is 0. The Balaban J connectivity index is 2.10. The summed E-state index contributed by atoms with van der Waals surface area (Å²) in [6, 6.07) is 7.26. The molecule has 0 fully saturated rings. The number of carbonyl (C=O) groups is 1. The summed E-state index contributed by atoms with van der Waals surface area (Å²) >= 11 is 0. The van der Waals surface area contributed by atoms with E-state index in [2.05, 4.69) is 17.2 Å². The molecule has 0 bridgehead atoms. The third-order valence-electron chi connectivity index (χ3n) is 3.07. The van der Waals surface area contributed by atoms with Crippen LogP contribution in [-0.4, -0.2) is 17.6 Å². The third kappa shape index (κ3) is 3.98. The molecule has 1 aromatic carbocycles. The van der Waals surface area contributed by atoms with Crippen LogP contribution in [0, 0.1) is 18.8 Å². The first-order valence-electron chi connectivity index (χ1n) is 6.71. The fourth-order valence-electron chi connectivity index (χ4n) is 1.90. The van der Waals surface area contributed by atoms with Crippen molar-refractivity contribution in [1.29, 1.82) is 0 Å². The second-order valence-corrected chi connectivity index (χ2v) is 4.57. The number of hydrogen-bond donors (Lipinski definition) is 2. The minimum Gasteiger partial charge on any atom is -0.472 e. The molecule has 0 unspecified atom stereocenters. The zero-order valence-corrected chi connectivity index (χ0v) is 11.8. The van der Waals surface area contributed by atoms with E-state index < -0.39 is 0 Å². The second kappa shape index (κ2) is 7.32. The molecular formula is C17H17NO3. The number of rotatable bonds is 4. The van der Waals surface area contributed by atoms with Gasteiger partial charge in [0.05, 0.1) is 19.1 Å². The zero-order valence-electron chi connectivity index (χ0n) is 11.8. The van der Waals surface area contributed by atoms with E-state index in [-0.39, 0.29) is 12.5 Å². The average molecular weight is 283 g/mol. The number of amides is 1. The summed E-state index contributed by atoms with van der Waals surface area (Å²) in [6.45, 7) is 2.34. The van der Waals surface area contributed by atoms with E-state index in [1.807, 2.05) is 25.1 Å². The van der Waals surface area contributed by atoms with Crippen molar-refractivity contribution in [2.45, 2.75) is 19.9 Å². The molecule has 0 aliphatic carbocycles. The van der Waals surface area contributed by atoms with Gasteiger partial charge < -0.3 is 14.8 Å². The number of furan rings is 1. The maximum absolute atomic E-state index is 12.2. The van der Waals surface area contributed by atoms with Crippen LogP contribution in [0.25, 0.3) is 0 Å². The molecule has 0 atom stereocenters. The van der Waals surface area contributed by atoms with Crippen LogP contribution in [0.1, 0.15) is 33.5 Å². The highest BCUT2D eigenvalue weighted by molar-refractivity contribution is 5.96. The first-order chi connectivity index (χ1) is 10.2. The largest absolute Gasteiger partial charge is 0.472 e. The first-order valence-corrected chi connectivity index (χ1v) is 6.71. The number of aliphatic hydroxyl groups is 1. The lowest BCUT2D eigenvalue weighted by Crippen LogP contribution is -2.23. The van der Waals surface area contributed by atoms with E-state index in [9.17, 15) is 4.79 Å². The Morgan fingerprint density at radius 2 is 2.24 bits per heavy atom. The fourth-order valence-corrected chi connectivity index (χ4v) is 1.90. The van der Waals surface area contributed by atoms with Crippen molar-refractivity contribution in [2.75, 3.05) is 6.61 Å². The van der Waals surface area contributed by atoms with Crippen LogP contribution >= 0.6 is 0 Å². The van der Waals surface area contributed by atoms with Gasteiger partial charge in [-0.2, -0.15) is 0 Å². The molecule has 1 aromatic heterocycles. The topological polar surface area (TPSA) is 62.5 Å². The maximum Gasteiger partial charge on any atom is 0.251 e. The minimum atomic E-state index is -0.139. The molecule has 0 aliphatic rings. The van der Waals surface area contributed by atoms with E-state index in [1.165, 1.54) is 0 Å². The lowest BCUT2D eigenvalue weighted by atomic mass is 10.0. The summed E-state index contributed by atoms with van der Waals surface area (Å²) in [6.07, 6.45) is 3.60. The summed E-state index contributed by atoms with van der Waals surface area (Å²) in [5.74, 6) is 5.70. The van der Waals surface area contributed by atoms with Gasteiger partial charge in [0.1, 0.15) is 0 Å². The van der Waals surface area contributed by atoms with Crippen molar-refractivity contribution in [3.05, 3.63) is 59.0 Å². The highest BCUT2D eigenvalue weighted by Crippen LogP contribution is 2.13. The third-order valence-corrected chi connectivity index (χ3v) is 3.07. The Morgan fingerprint density at radius 1 is 1.38 bits per heavy atom. The number of nitrogens with one attached hydrogen (secondary N) is 1. The Labute approximate surface area is 123 Å².